The zero-order valence-electron chi connectivity index (χ0n) is 23.8. The largest absolute Gasteiger partial charge is 0.398 e. The maximum Gasteiger partial charge on any atom is 0.0349 e. The van der Waals surface area contributed by atoms with Gasteiger partial charge in [-0.3, -0.25) is 0 Å². The molecule has 0 unspecified atom stereocenters. The Morgan fingerprint density at radius 2 is 1.36 bits per heavy atom. The molecule has 0 heterocycles. The SMILES string of the molecule is C=C(C)/C=C(/C(=C)C)C(C)=C(C)C.C=CC(=C)C.CCC.CCc1c(N)cccc1C(C)C. The molecule has 1 aromatic rings. The molecule has 0 aliphatic rings. The number of benzene rings is 1. The lowest BCUT2D eigenvalue weighted by atomic mass is 9.94. The Morgan fingerprint density at radius 3 is 1.61 bits per heavy atom. The summed E-state index contributed by atoms with van der Waals surface area (Å²) in [6.45, 7) is 38.0. The molecule has 0 saturated carbocycles. The van der Waals surface area contributed by atoms with Crippen LogP contribution in [0.15, 0.2) is 90.1 Å². The van der Waals surface area contributed by atoms with Gasteiger partial charge < -0.3 is 5.73 Å². The van der Waals surface area contributed by atoms with Crippen LogP contribution in [0.2, 0.25) is 0 Å². The minimum absolute atomic E-state index is 0.573. The average Bonchev–Trinajstić information content (AvgIpc) is 2.72. The van der Waals surface area contributed by atoms with Gasteiger partial charge in [0.1, 0.15) is 0 Å². The molecule has 0 bridgehead atoms. The lowest BCUT2D eigenvalue weighted by molar-refractivity contribution is 0.846. The van der Waals surface area contributed by atoms with E-state index in [4.69, 9.17) is 5.73 Å². The quantitative estimate of drug-likeness (QED) is 0.338. The fourth-order valence-corrected chi connectivity index (χ4v) is 2.64. The number of hydrogen-bond donors (Lipinski definition) is 1. The highest BCUT2D eigenvalue weighted by atomic mass is 14.6. The molecular weight excluding hydrogens is 398 g/mol. The highest BCUT2D eigenvalue weighted by Crippen LogP contribution is 2.24. The zero-order chi connectivity index (χ0) is 26.7. The Hall–Kier alpha value is -2.54. The third kappa shape index (κ3) is 17.7. The summed E-state index contributed by atoms with van der Waals surface area (Å²) in [5.41, 5.74) is 16.5. The molecule has 0 aliphatic heterocycles. The van der Waals surface area contributed by atoms with Crippen LogP contribution in [0.4, 0.5) is 5.69 Å². The van der Waals surface area contributed by atoms with E-state index in [2.05, 4.69) is 93.8 Å². The number of rotatable bonds is 6. The van der Waals surface area contributed by atoms with Crippen molar-refractivity contribution in [3.63, 3.8) is 0 Å². The first-order valence-corrected chi connectivity index (χ1v) is 12.0. The Balaban J connectivity index is -0.000000414. The first kappa shape index (κ1) is 35.1. The Kier molecular flexibility index (Phi) is 21.3. The van der Waals surface area contributed by atoms with E-state index in [1.165, 1.54) is 34.3 Å². The van der Waals surface area contributed by atoms with Gasteiger partial charge in [0.15, 0.2) is 0 Å². The molecule has 0 radical (unpaired) electrons. The fraction of sp³-hybridized carbons (Fsp3) is 0.438. The van der Waals surface area contributed by atoms with Crippen molar-refractivity contribution in [3.05, 3.63) is 101 Å². The van der Waals surface area contributed by atoms with E-state index in [1.807, 2.05) is 32.9 Å². The van der Waals surface area contributed by atoms with Gasteiger partial charge in [0.05, 0.1) is 0 Å². The summed E-state index contributed by atoms with van der Waals surface area (Å²) >= 11 is 0. The van der Waals surface area contributed by atoms with Crippen molar-refractivity contribution in [2.75, 3.05) is 5.73 Å². The molecule has 2 N–H and O–H groups in total. The van der Waals surface area contributed by atoms with Gasteiger partial charge in [0.25, 0.3) is 0 Å². The predicted octanol–water partition coefficient (Wildman–Crippen LogP) is 10.5. The van der Waals surface area contributed by atoms with Gasteiger partial charge in [0, 0.05) is 5.69 Å². The van der Waals surface area contributed by atoms with Gasteiger partial charge >= 0.3 is 0 Å². The van der Waals surface area contributed by atoms with Crippen molar-refractivity contribution in [2.45, 2.75) is 94.9 Å². The normalized spacial score (nSPS) is 9.76. The zero-order valence-corrected chi connectivity index (χ0v) is 23.8. The topological polar surface area (TPSA) is 26.0 Å². The minimum Gasteiger partial charge on any atom is -0.398 e. The van der Waals surface area contributed by atoms with Crippen LogP contribution < -0.4 is 5.73 Å². The smallest absolute Gasteiger partial charge is 0.0349 e. The van der Waals surface area contributed by atoms with Gasteiger partial charge in [-0.15, -0.1) is 0 Å². The molecule has 0 spiro atoms. The van der Waals surface area contributed by atoms with Crippen LogP contribution in [0.5, 0.6) is 0 Å². The molecule has 0 saturated heterocycles. The highest BCUT2D eigenvalue weighted by molar-refractivity contribution is 5.51. The second kappa shape index (κ2) is 20.1. The van der Waals surface area contributed by atoms with Crippen LogP contribution in [-0.2, 0) is 6.42 Å². The molecule has 1 aromatic carbocycles. The summed E-state index contributed by atoms with van der Waals surface area (Å²) < 4.78 is 0. The van der Waals surface area contributed by atoms with Crippen LogP contribution >= 0.6 is 0 Å². The Bertz CT molecular complexity index is 809. The van der Waals surface area contributed by atoms with Gasteiger partial charge in [-0.2, -0.15) is 0 Å². The van der Waals surface area contributed by atoms with Crippen LogP contribution in [0, 0.1) is 0 Å². The lowest BCUT2D eigenvalue weighted by Crippen LogP contribution is -1.99. The van der Waals surface area contributed by atoms with E-state index in [-0.39, 0.29) is 0 Å². The summed E-state index contributed by atoms with van der Waals surface area (Å²) in [6.07, 6.45) is 6.09. The van der Waals surface area contributed by atoms with Crippen LogP contribution in [0.25, 0.3) is 0 Å². The van der Waals surface area contributed by atoms with Crippen molar-refractivity contribution in [1.29, 1.82) is 0 Å². The van der Waals surface area contributed by atoms with Crippen LogP contribution in [-0.4, -0.2) is 0 Å². The summed E-state index contributed by atoms with van der Waals surface area (Å²) in [4.78, 5) is 0. The molecule has 0 atom stereocenters. The summed E-state index contributed by atoms with van der Waals surface area (Å²) in [5.74, 6) is 0.573. The molecule has 1 rings (SSSR count). The van der Waals surface area contributed by atoms with Gasteiger partial charge in [-0.1, -0.05) is 114 Å². The third-order valence-electron chi connectivity index (χ3n) is 4.58. The molecule has 0 aliphatic carbocycles. The maximum atomic E-state index is 5.87. The van der Waals surface area contributed by atoms with Crippen molar-refractivity contribution in [2.24, 2.45) is 0 Å². The standard InChI is InChI=1S/C13H20.C11H17N.C5H8.C3H8/c1-9(2)8-13(11(5)6)12(7)10(3)4;1-4-9-10(8(2)3)6-5-7-11(9)12;1-4-5(2)3;1-3-2/h8H,1,5H2,2-4,6-7H3;5-8H,4,12H2,1-3H3;4H,1-2H2,3H3;3H2,1-2H3/b13-8-;;;. The number of allylic oxidation sites excluding steroid dienone is 8. The van der Waals surface area contributed by atoms with Crippen molar-refractivity contribution >= 4 is 5.69 Å². The molecule has 1 nitrogen and oxygen atoms in total. The van der Waals surface area contributed by atoms with E-state index >= 15 is 0 Å². The van der Waals surface area contributed by atoms with Gasteiger partial charge in [-0.05, 0) is 82.2 Å². The molecule has 0 aromatic heterocycles. The van der Waals surface area contributed by atoms with Gasteiger partial charge in [0.2, 0.25) is 0 Å². The van der Waals surface area contributed by atoms with E-state index in [9.17, 15) is 0 Å². The van der Waals surface area contributed by atoms with Crippen molar-refractivity contribution in [3.8, 4) is 0 Å². The van der Waals surface area contributed by atoms with Gasteiger partial charge in [-0.25, -0.2) is 0 Å². The average molecular weight is 452 g/mol. The van der Waals surface area contributed by atoms with Crippen molar-refractivity contribution < 1.29 is 0 Å². The lowest BCUT2D eigenvalue weighted by Gasteiger charge is -2.13. The summed E-state index contributed by atoms with van der Waals surface area (Å²) in [7, 11) is 0. The van der Waals surface area contributed by atoms with Crippen molar-refractivity contribution in [1.82, 2.24) is 0 Å². The van der Waals surface area contributed by atoms with E-state index < -0.39 is 0 Å². The second-order valence-electron chi connectivity index (χ2n) is 8.99. The van der Waals surface area contributed by atoms with E-state index in [0.717, 1.165) is 28.8 Å². The molecule has 186 valence electrons. The molecule has 0 amide bonds. The van der Waals surface area contributed by atoms with Crippen LogP contribution in [0.3, 0.4) is 0 Å². The Labute approximate surface area is 207 Å². The third-order valence-corrected chi connectivity index (χ3v) is 4.58. The highest BCUT2D eigenvalue weighted by Gasteiger charge is 2.06. The van der Waals surface area contributed by atoms with Crippen LogP contribution in [0.1, 0.15) is 99.6 Å². The molecule has 0 fully saturated rings. The molecule has 33 heavy (non-hydrogen) atoms. The number of nitrogen functional groups attached to an aromatic ring is 1. The van der Waals surface area contributed by atoms with E-state index in [1.54, 1.807) is 6.08 Å². The maximum absolute atomic E-state index is 5.87. The minimum atomic E-state index is 0.573. The Morgan fingerprint density at radius 1 is 0.909 bits per heavy atom. The first-order chi connectivity index (χ1) is 15.2. The molecular formula is C32H53N. The number of hydrogen-bond acceptors (Lipinski definition) is 1. The van der Waals surface area contributed by atoms with E-state index in [0.29, 0.717) is 5.92 Å². The molecule has 1 heteroatoms. The number of anilines is 1. The number of nitrogens with two attached hydrogens (primary N) is 1. The fourth-order valence-electron chi connectivity index (χ4n) is 2.64. The second-order valence-corrected chi connectivity index (χ2v) is 8.99. The predicted molar refractivity (Wildman–Crippen MR) is 157 cm³/mol. The monoisotopic (exact) mass is 451 g/mol. The first-order valence-electron chi connectivity index (χ1n) is 12.0. The summed E-state index contributed by atoms with van der Waals surface area (Å²) in [6, 6.07) is 6.18. The summed E-state index contributed by atoms with van der Waals surface area (Å²) in [5, 5.41) is 0.